The average molecular weight is 340 g/mol. The topological polar surface area (TPSA) is 51.0 Å². The van der Waals surface area contributed by atoms with Crippen LogP contribution in [0.3, 0.4) is 0 Å². The van der Waals surface area contributed by atoms with Crippen molar-refractivity contribution in [2.24, 2.45) is 0 Å². The molecule has 1 fully saturated rings. The van der Waals surface area contributed by atoms with Gasteiger partial charge >= 0.3 is 5.92 Å². The number of rotatable bonds is 2. The fraction of sp³-hybridized carbons (Fsp3) is 0.400. The van der Waals surface area contributed by atoms with E-state index >= 15 is 0 Å². The number of amides is 1. The second-order valence-corrected chi connectivity index (χ2v) is 6.06. The summed E-state index contributed by atoms with van der Waals surface area (Å²) in [6.45, 7) is -1.48. The summed E-state index contributed by atoms with van der Waals surface area (Å²) in [6, 6.07) is 7.83. The van der Waals surface area contributed by atoms with Crippen LogP contribution >= 0.6 is 0 Å². The van der Waals surface area contributed by atoms with Crippen LogP contribution in [-0.2, 0) is 5.92 Å². The van der Waals surface area contributed by atoms with E-state index in [1.807, 2.05) is 0 Å². The summed E-state index contributed by atoms with van der Waals surface area (Å²) in [5.74, 6) is -8.10. The fourth-order valence-corrected chi connectivity index (χ4v) is 3.03. The molecule has 0 saturated carbocycles. The third kappa shape index (κ3) is 2.26. The fourth-order valence-electron chi connectivity index (χ4n) is 3.03. The number of halogens is 4. The molecule has 0 N–H and O–H groups in total. The molecule has 0 aliphatic carbocycles. The number of fused-ring (bicyclic) bond motifs is 1. The minimum absolute atomic E-state index is 0.471. The number of aromatic nitrogens is 3. The Morgan fingerprint density at radius 3 is 2.42 bits per heavy atom. The summed E-state index contributed by atoms with van der Waals surface area (Å²) in [4.78, 5) is 16.6. The molecule has 2 aliphatic heterocycles. The number of nitrogens with zero attached hydrogens (tertiary/aromatic N) is 4. The first-order valence-electron chi connectivity index (χ1n) is 7.34. The Balaban J connectivity index is 1.67. The Morgan fingerprint density at radius 1 is 1.12 bits per heavy atom. The van der Waals surface area contributed by atoms with Crippen molar-refractivity contribution in [3.8, 4) is 0 Å². The Kier molecular flexibility index (Phi) is 3.01. The van der Waals surface area contributed by atoms with Gasteiger partial charge in [0.2, 0.25) is 5.82 Å². The van der Waals surface area contributed by atoms with E-state index in [1.165, 1.54) is 0 Å². The molecule has 2 aliphatic rings. The molecule has 0 radical (unpaired) electrons. The maximum absolute atomic E-state index is 14.2. The first-order chi connectivity index (χ1) is 11.3. The molecule has 0 unspecified atom stereocenters. The van der Waals surface area contributed by atoms with Crippen LogP contribution in [0, 0.1) is 0 Å². The van der Waals surface area contributed by atoms with Gasteiger partial charge in [0.1, 0.15) is 0 Å². The molecule has 2 aromatic rings. The smallest absolute Gasteiger partial charge is 0.308 e. The van der Waals surface area contributed by atoms with Gasteiger partial charge < -0.3 is 4.90 Å². The van der Waals surface area contributed by atoms with Crippen molar-refractivity contribution in [2.75, 3.05) is 13.1 Å². The van der Waals surface area contributed by atoms with E-state index in [4.69, 9.17) is 0 Å². The van der Waals surface area contributed by atoms with Crippen molar-refractivity contribution >= 4 is 5.91 Å². The number of carbonyl (C=O) groups excluding carboxylic acids is 1. The lowest BCUT2D eigenvalue weighted by atomic mass is 10.0. The van der Waals surface area contributed by atoms with Crippen LogP contribution in [-0.4, -0.2) is 44.6 Å². The second-order valence-electron chi connectivity index (χ2n) is 6.06. The molecule has 126 valence electrons. The van der Waals surface area contributed by atoms with Crippen molar-refractivity contribution in [1.29, 1.82) is 0 Å². The van der Waals surface area contributed by atoms with Gasteiger partial charge in [-0.1, -0.05) is 30.3 Å². The lowest BCUT2D eigenvalue weighted by Crippen LogP contribution is -2.58. The van der Waals surface area contributed by atoms with Crippen molar-refractivity contribution in [3.05, 3.63) is 47.5 Å². The normalized spacial score (nSPS) is 23.7. The van der Waals surface area contributed by atoms with E-state index in [2.05, 4.69) is 10.1 Å². The average Bonchev–Trinajstić information content (AvgIpc) is 3.05. The van der Waals surface area contributed by atoms with E-state index < -0.39 is 55.0 Å². The van der Waals surface area contributed by atoms with Gasteiger partial charge in [-0.25, -0.2) is 18.4 Å². The predicted molar refractivity (Wildman–Crippen MR) is 74.0 cm³/mol. The Labute approximate surface area is 133 Å². The molecular formula is C15H12F4N4O. The number of carbonyl (C=O) groups is 1. The van der Waals surface area contributed by atoms with Crippen molar-refractivity contribution in [1.82, 2.24) is 19.7 Å². The Bertz CT molecular complexity index is 797. The monoisotopic (exact) mass is 340 g/mol. The van der Waals surface area contributed by atoms with Gasteiger partial charge in [0, 0.05) is 6.42 Å². The minimum Gasteiger partial charge on any atom is -0.324 e. The van der Waals surface area contributed by atoms with E-state index in [0.29, 0.717) is 5.56 Å². The highest BCUT2D eigenvalue weighted by atomic mass is 19.3. The summed E-state index contributed by atoms with van der Waals surface area (Å²) in [7, 11) is 0. The molecule has 0 spiro atoms. The van der Waals surface area contributed by atoms with Crippen LogP contribution in [0.25, 0.3) is 0 Å². The van der Waals surface area contributed by atoms with Crippen LogP contribution in [0.5, 0.6) is 0 Å². The molecule has 5 nitrogen and oxygen atoms in total. The second kappa shape index (κ2) is 4.78. The van der Waals surface area contributed by atoms with E-state index in [1.54, 1.807) is 30.3 Å². The van der Waals surface area contributed by atoms with Crippen molar-refractivity contribution in [3.63, 3.8) is 0 Å². The number of likely N-dealkylation sites (tertiary alicyclic amines) is 1. The van der Waals surface area contributed by atoms with E-state index in [9.17, 15) is 22.4 Å². The van der Waals surface area contributed by atoms with Crippen LogP contribution in [0.2, 0.25) is 0 Å². The van der Waals surface area contributed by atoms with Crippen molar-refractivity contribution in [2.45, 2.75) is 24.3 Å². The third-order valence-corrected chi connectivity index (χ3v) is 4.21. The van der Waals surface area contributed by atoms with Crippen LogP contribution in [0.4, 0.5) is 17.6 Å². The number of alkyl halides is 4. The lowest BCUT2D eigenvalue weighted by molar-refractivity contribution is -0.113. The molecule has 9 heteroatoms. The van der Waals surface area contributed by atoms with Gasteiger partial charge in [-0.2, -0.15) is 8.78 Å². The zero-order valence-electron chi connectivity index (χ0n) is 12.3. The highest BCUT2D eigenvalue weighted by molar-refractivity contribution is 5.91. The summed E-state index contributed by atoms with van der Waals surface area (Å²) < 4.78 is 55.2. The number of hydrogen-bond acceptors (Lipinski definition) is 3. The number of benzene rings is 1. The summed E-state index contributed by atoms with van der Waals surface area (Å²) in [5, 5.41) is 3.88. The SMILES string of the molecule is O=C(c1nc2n(n1)[C@@H](c1ccccc1)CC2(F)F)N1CC(F)(F)C1. The molecule has 4 rings (SSSR count). The molecule has 0 bridgehead atoms. The van der Waals surface area contributed by atoms with Gasteiger partial charge in [-0.3, -0.25) is 4.79 Å². The maximum atomic E-state index is 14.2. The highest BCUT2D eigenvalue weighted by Gasteiger charge is 2.51. The quantitative estimate of drug-likeness (QED) is 0.789. The van der Waals surface area contributed by atoms with Gasteiger partial charge in [-0.15, -0.1) is 5.10 Å². The molecule has 1 atom stereocenters. The zero-order valence-corrected chi connectivity index (χ0v) is 12.3. The summed E-state index contributed by atoms with van der Waals surface area (Å²) in [5.41, 5.74) is 0.621. The van der Waals surface area contributed by atoms with E-state index in [0.717, 1.165) is 9.58 Å². The maximum Gasteiger partial charge on any atom is 0.308 e. The molecule has 1 aromatic heterocycles. The third-order valence-electron chi connectivity index (χ3n) is 4.21. The summed E-state index contributed by atoms with van der Waals surface area (Å²) >= 11 is 0. The Morgan fingerprint density at radius 2 is 1.79 bits per heavy atom. The number of hydrogen-bond donors (Lipinski definition) is 0. The first-order valence-corrected chi connectivity index (χ1v) is 7.34. The van der Waals surface area contributed by atoms with Crippen LogP contribution in [0.15, 0.2) is 30.3 Å². The van der Waals surface area contributed by atoms with Gasteiger partial charge in [0.25, 0.3) is 11.8 Å². The molecular weight excluding hydrogens is 328 g/mol. The standard InChI is InChI=1S/C15H12F4N4O/c16-14(17)7-22(8-14)12(24)11-20-13-15(18,19)6-10(23(13)21-11)9-4-2-1-3-5-9/h1-5,10H,6-8H2/t10-/m1/s1. The Hall–Kier alpha value is -2.45. The van der Waals surface area contributed by atoms with Gasteiger partial charge in [-0.05, 0) is 5.56 Å². The predicted octanol–water partition coefficient (Wildman–Crippen LogP) is 2.45. The minimum atomic E-state index is -3.23. The first kappa shape index (κ1) is 15.1. The van der Waals surface area contributed by atoms with Crippen LogP contribution in [0.1, 0.15) is 34.5 Å². The molecule has 1 saturated heterocycles. The lowest BCUT2D eigenvalue weighted by Gasteiger charge is -2.37. The molecule has 1 aromatic carbocycles. The summed E-state index contributed by atoms with van der Waals surface area (Å²) in [6.07, 6.45) is -0.497. The molecule has 1 amide bonds. The largest absolute Gasteiger partial charge is 0.324 e. The van der Waals surface area contributed by atoms with Gasteiger partial charge in [0.15, 0.2) is 5.82 Å². The van der Waals surface area contributed by atoms with Crippen molar-refractivity contribution < 1.29 is 22.4 Å². The molecule has 24 heavy (non-hydrogen) atoms. The van der Waals surface area contributed by atoms with Gasteiger partial charge in [0.05, 0.1) is 19.1 Å². The zero-order chi connectivity index (χ0) is 17.1. The van der Waals surface area contributed by atoms with E-state index in [-0.39, 0.29) is 0 Å². The van der Waals surface area contributed by atoms with Crippen LogP contribution < -0.4 is 0 Å². The highest BCUT2D eigenvalue weighted by Crippen LogP contribution is 2.45. The molecule has 3 heterocycles.